The molecule has 0 aromatic carbocycles. The Labute approximate surface area is 90.2 Å². The Morgan fingerprint density at radius 3 is 1.69 bits per heavy atom. The maximum atomic E-state index is 10.5. The molecule has 0 rings (SSSR count). The lowest BCUT2D eigenvalue weighted by Gasteiger charge is -1.97. The summed E-state index contributed by atoms with van der Waals surface area (Å²) in [5.74, 6) is 0.158. The average molecular weight is 247 g/mol. The van der Waals surface area contributed by atoms with Gasteiger partial charge in [0.25, 0.3) is 0 Å². The van der Waals surface area contributed by atoms with E-state index >= 15 is 0 Å². The molecule has 0 aliphatic carbocycles. The molecule has 0 unspecified atom stereocenters. The molecule has 7 heteroatoms. The lowest BCUT2D eigenvalue weighted by molar-refractivity contribution is -0.134. The van der Waals surface area contributed by atoms with E-state index in [9.17, 15) is 9.59 Å². The van der Waals surface area contributed by atoms with Crippen molar-refractivity contribution >= 4 is 47.4 Å². The second-order valence-electron chi connectivity index (χ2n) is 2.01. The van der Waals surface area contributed by atoms with Crippen LogP contribution in [0.4, 0.5) is 0 Å². The van der Waals surface area contributed by atoms with Gasteiger partial charge < -0.3 is 8.58 Å². The molecule has 0 saturated heterocycles. The van der Waals surface area contributed by atoms with E-state index in [1.807, 2.05) is 0 Å². The molecule has 0 heterocycles. The molecule has 13 heavy (non-hydrogen) atoms. The number of hydrogen-bond donors (Lipinski definition) is 0. The zero-order valence-corrected chi connectivity index (χ0v) is 8.95. The third-order valence-electron chi connectivity index (χ3n) is 1.07. The molecule has 0 aliphatic rings. The molecule has 0 aromatic heterocycles. The third-order valence-corrected chi connectivity index (χ3v) is 2.40. The van der Waals surface area contributed by atoms with Crippen LogP contribution in [0.5, 0.6) is 0 Å². The van der Waals surface area contributed by atoms with Crippen molar-refractivity contribution in [1.82, 2.24) is 0 Å². The van der Waals surface area contributed by atoms with Crippen LogP contribution in [-0.2, 0) is 18.2 Å². The van der Waals surface area contributed by atoms with Gasteiger partial charge in [0, 0.05) is 11.5 Å². The monoisotopic (exact) mass is 246 g/mol. The fourth-order valence-electron chi connectivity index (χ4n) is 0.490. The van der Waals surface area contributed by atoms with Crippen LogP contribution < -0.4 is 0 Å². The lowest BCUT2D eigenvalue weighted by Crippen LogP contribution is -2.01. The largest absolute Gasteiger partial charge is 0.348 e. The summed E-state index contributed by atoms with van der Waals surface area (Å²) in [6.07, 6.45) is 0.453. The highest BCUT2D eigenvalue weighted by Gasteiger charge is 2.03. The summed E-state index contributed by atoms with van der Waals surface area (Å²) in [6.45, 7) is 0. The summed E-state index contributed by atoms with van der Waals surface area (Å²) in [5, 5.41) is 0. The molecule has 76 valence electrons. The zero-order valence-electron chi connectivity index (χ0n) is 6.63. The van der Waals surface area contributed by atoms with Crippen molar-refractivity contribution in [2.24, 2.45) is 0 Å². The number of carbonyl (C=O) groups excluding carboxylic acids is 2. The van der Waals surface area contributed by atoms with E-state index in [1.165, 1.54) is 11.8 Å². The molecule has 0 aromatic rings. The van der Waals surface area contributed by atoms with Crippen molar-refractivity contribution in [3.8, 4) is 0 Å². The second-order valence-corrected chi connectivity index (χ2v) is 3.54. The molecule has 0 radical (unpaired) electrons. The molecule has 0 fully saturated rings. The Hall–Kier alpha value is -0.130. The van der Waals surface area contributed by atoms with Crippen LogP contribution in [0.1, 0.15) is 12.8 Å². The van der Waals surface area contributed by atoms with E-state index in [0.717, 1.165) is 0 Å². The Kier molecular flexibility index (Phi) is 8.38. The Morgan fingerprint density at radius 1 is 1.00 bits per heavy atom. The predicted molar refractivity (Wildman–Crippen MR) is 50.4 cm³/mol. The maximum Gasteiger partial charge on any atom is 0.325 e. The van der Waals surface area contributed by atoms with Gasteiger partial charge in [0.1, 0.15) is 23.7 Å². The maximum absolute atomic E-state index is 10.5. The average Bonchev–Trinajstić information content (AvgIpc) is 2.16. The van der Waals surface area contributed by atoms with Gasteiger partial charge in [-0.2, -0.15) is 11.8 Å². The van der Waals surface area contributed by atoms with Gasteiger partial charge in [-0.05, 0) is 0 Å². The predicted octanol–water partition coefficient (Wildman–Crippen LogP) is 1.89. The number of halogens is 2. The normalized spacial score (nSPS) is 9.38. The molecule has 0 atom stereocenters. The molecule has 0 bridgehead atoms. The second kappa shape index (κ2) is 8.47. The topological polar surface area (TPSA) is 52.6 Å². The summed E-state index contributed by atoms with van der Waals surface area (Å²) in [4.78, 5) is 21.0. The van der Waals surface area contributed by atoms with E-state index in [-0.39, 0.29) is 12.8 Å². The van der Waals surface area contributed by atoms with Crippen LogP contribution in [-0.4, -0.2) is 23.4 Å². The van der Waals surface area contributed by atoms with Gasteiger partial charge in [0.05, 0.1) is 12.8 Å². The summed E-state index contributed by atoms with van der Waals surface area (Å²) in [6, 6.07) is 0. The minimum Gasteiger partial charge on any atom is -0.348 e. The number of rotatable bonds is 6. The molecule has 0 saturated carbocycles. The van der Waals surface area contributed by atoms with Gasteiger partial charge in [-0.3, -0.25) is 9.59 Å². The molecule has 0 aliphatic heterocycles. The van der Waals surface area contributed by atoms with Crippen LogP contribution >= 0.6 is 35.5 Å². The summed E-state index contributed by atoms with van der Waals surface area (Å²) in [7, 11) is 0. The first-order valence-electron chi connectivity index (χ1n) is 3.41. The van der Waals surface area contributed by atoms with Crippen LogP contribution in [0.15, 0.2) is 0 Å². The van der Waals surface area contributed by atoms with Crippen molar-refractivity contribution in [2.75, 3.05) is 11.5 Å². The van der Waals surface area contributed by atoms with E-state index in [1.54, 1.807) is 0 Å². The van der Waals surface area contributed by atoms with Gasteiger partial charge in [0.2, 0.25) is 0 Å². The van der Waals surface area contributed by atoms with Gasteiger partial charge >= 0.3 is 11.9 Å². The summed E-state index contributed by atoms with van der Waals surface area (Å²) in [5.41, 5.74) is 0. The van der Waals surface area contributed by atoms with Crippen LogP contribution in [0.25, 0.3) is 0 Å². The number of carbonyl (C=O) groups is 2. The van der Waals surface area contributed by atoms with Gasteiger partial charge in [-0.15, -0.1) is 0 Å². The molecule has 0 spiro atoms. The Balaban J connectivity index is 3.17. The highest BCUT2D eigenvalue weighted by atomic mass is 35.5. The first kappa shape index (κ1) is 12.9. The van der Waals surface area contributed by atoms with Gasteiger partial charge in [0.15, 0.2) is 0 Å². The highest BCUT2D eigenvalue weighted by molar-refractivity contribution is 7.99. The fraction of sp³-hybridized carbons (Fsp3) is 0.667. The minimum atomic E-state index is -0.478. The third kappa shape index (κ3) is 8.21. The molecular formula is C6H8Cl2O4S. The number of hydrogen-bond acceptors (Lipinski definition) is 5. The molecule has 0 N–H and O–H groups in total. The summed E-state index contributed by atoms with van der Waals surface area (Å²) >= 11 is 11.0. The van der Waals surface area contributed by atoms with E-state index in [0.29, 0.717) is 11.5 Å². The fourth-order valence-corrected chi connectivity index (χ4v) is 1.47. The van der Waals surface area contributed by atoms with E-state index in [4.69, 9.17) is 23.7 Å². The summed E-state index contributed by atoms with van der Waals surface area (Å²) < 4.78 is 7.81. The van der Waals surface area contributed by atoms with Crippen molar-refractivity contribution in [3.05, 3.63) is 0 Å². The SMILES string of the molecule is O=C(CCSCCC(=O)OCl)OCl. The quantitative estimate of drug-likeness (QED) is 0.671. The van der Waals surface area contributed by atoms with Crippen molar-refractivity contribution in [3.63, 3.8) is 0 Å². The number of thioether (sulfide) groups is 1. The zero-order chi connectivity index (χ0) is 10.1. The van der Waals surface area contributed by atoms with Crippen LogP contribution in [0.3, 0.4) is 0 Å². The Bertz CT molecular complexity index is 158. The van der Waals surface area contributed by atoms with E-state index in [2.05, 4.69) is 8.58 Å². The van der Waals surface area contributed by atoms with Gasteiger partial charge in [-0.1, -0.05) is 0 Å². The highest BCUT2D eigenvalue weighted by Crippen LogP contribution is 2.06. The van der Waals surface area contributed by atoms with Crippen molar-refractivity contribution in [1.29, 1.82) is 0 Å². The van der Waals surface area contributed by atoms with E-state index < -0.39 is 11.9 Å². The van der Waals surface area contributed by atoms with Crippen molar-refractivity contribution < 1.29 is 18.2 Å². The van der Waals surface area contributed by atoms with Crippen molar-refractivity contribution in [2.45, 2.75) is 12.8 Å². The van der Waals surface area contributed by atoms with Crippen LogP contribution in [0.2, 0.25) is 0 Å². The lowest BCUT2D eigenvalue weighted by atomic mass is 10.5. The molecule has 0 amide bonds. The molecule has 4 nitrogen and oxygen atoms in total. The van der Waals surface area contributed by atoms with Crippen LogP contribution in [0, 0.1) is 0 Å². The smallest absolute Gasteiger partial charge is 0.325 e. The standard InChI is InChI=1S/C6H8Cl2O4S/c7-11-5(9)1-3-13-4-2-6(10)12-8/h1-4H2. The Morgan fingerprint density at radius 2 is 1.38 bits per heavy atom. The van der Waals surface area contributed by atoms with Gasteiger partial charge in [-0.25, -0.2) is 0 Å². The first-order valence-corrected chi connectivity index (χ1v) is 5.18. The minimum absolute atomic E-state index is 0.226. The first-order chi connectivity index (χ1) is 6.20. The molecular weight excluding hydrogens is 239 g/mol.